The number of hydrogen-bond acceptors (Lipinski definition) is 4. The van der Waals surface area contributed by atoms with Crippen LogP contribution in [-0.2, 0) is 0 Å². The maximum absolute atomic E-state index is 3.92. The third kappa shape index (κ3) is 0.741. The Balaban J connectivity index is 1.78. The molecule has 1 aliphatic heterocycles. The first kappa shape index (κ1) is 6.54. The van der Waals surface area contributed by atoms with E-state index in [-0.39, 0.29) is 0 Å². The van der Waals surface area contributed by atoms with Crippen LogP contribution in [0.1, 0.15) is 6.04 Å². The monoisotopic (exact) mass is 165 g/mol. The van der Waals surface area contributed by atoms with Crippen LogP contribution in [-0.4, -0.2) is 45.2 Å². The van der Waals surface area contributed by atoms with Crippen molar-refractivity contribution in [1.29, 1.82) is 0 Å². The van der Waals surface area contributed by atoms with Crippen LogP contribution in [0, 0.1) is 11.8 Å². The van der Waals surface area contributed by atoms with Crippen molar-refractivity contribution in [2.24, 2.45) is 11.8 Å². The Morgan fingerprint density at radius 3 is 2.67 bits per heavy atom. The summed E-state index contributed by atoms with van der Waals surface area (Å²) in [4.78, 5) is 2.37. The van der Waals surface area contributed by atoms with E-state index < -0.39 is 0 Å². The lowest BCUT2D eigenvalue weighted by Gasteiger charge is -2.11. The fourth-order valence-corrected chi connectivity index (χ4v) is 2.40. The second-order valence-corrected chi connectivity index (χ2v) is 3.83. The quantitative estimate of drug-likeness (QED) is 0.558. The van der Waals surface area contributed by atoms with Gasteiger partial charge in [0.15, 0.2) is 0 Å². The highest BCUT2D eigenvalue weighted by Gasteiger charge is 2.56. The number of likely N-dealkylation sites (tertiary alicyclic amines) is 1. The Kier molecular flexibility index (Phi) is 1.11. The van der Waals surface area contributed by atoms with Crippen LogP contribution in [0.2, 0.25) is 0 Å². The zero-order chi connectivity index (χ0) is 8.13. The third-order valence-electron chi connectivity index (χ3n) is 3.00. The average Bonchev–Trinajstić information content (AvgIpc) is 2.58. The highest BCUT2D eigenvalue weighted by Crippen LogP contribution is 2.54. The molecular weight excluding hydrogens is 154 g/mol. The Morgan fingerprint density at radius 2 is 2.08 bits per heavy atom. The van der Waals surface area contributed by atoms with Crippen LogP contribution in [0.4, 0.5) is 0 Å². The predicted octanol–water partition coefficient (Wildman–Crippen LogP) is -0.594. The molecule has 1 saturated carbocycles. The molecule has 0 amide bonds. The number of fused-ring (bicyclic) bond motifs is 1. The van der Waals surface area contributed by atoms with Gasteiger partial charge in [0.05, 0.1) is 6.04 Å². The number of nitrogens with zero attached hydrogens (tertiary/aromatic N) is 5. The summed E-state index contributed by atoms with van der Waals surface area (Å²) >= 11 is 0. The van der Waals surface area contributed by atoms with E-state index in [0.29, 0.717) is 6.04 Å². The molecule has 5 nitrogen and oxygen atoms in total. The average molecular weight is 165 g/mol. The molecule has 2 atom stereocenters. The first-order valence-corrected chi connectivity index (χ1v) is 4.27. The summed E-state index contributed by atoms with van der Waals surface area (Å²) in [6.07, 6.45) is 1.73. The lowest BCUT2D eigenvalue weighted by Crippen LogP contribution is -2.20. The van der Waals surface area contributed by atoms with Gasteiger partial charge in [0.1, 0.15) is 6.33 Å². The van der Waals surface area contributed by atoms with E-state index in [4.69, 9.17) is 0 Å². The maximum atomic E-state index is 3.92. The molecule has 0 bridgehead atoms. The van der Waals surface area contributed by atoms with Gasteiger partial charge in [0.25, 0.3) is 0 Å². The lowest BCUT2D eigenvalue weighted by molar-refractivity contribution is 0.334. The van der Waals surface area contributed by atoms with Crippen molar-refractivity contribution in [3.05, 3.63) is 6.33 Å². The van der Waals surface area contributed by atoms with Crippen molar-refractivity contribution in [2.45, 2.75) is 6.04 Å². The number of rotatable bonds is 1. The molecule has 64 valence electrons. The van der Waals surface area contributed by atoms with Gasteiger partial charge in [-0.15, -0.1) is 5.10 Å². The summed E-state index contributed by atoms with van der Waals surface area (Å²) in [6, 6.07) is 0.594. The Hall–Kier alpha value is -0.970. The van der Waals surface area contributed by atoms with E-state index in [1.165, 1.54) is 13.1 Å². The van der Waals surface area contributed by atoms with Crippen LogP contribution < -0.4 is 0 Å². The SMILES string of the molecule is CN1CC2C(C1)C2n1cnnn1. The van der Waals surface area contributed by atoms with Gasteiger partial charge >= 0.3 is 0 Å². The second-order valence-electron chi connectivity index (χ2n) is 3.83. The Morgan fingerprint density at radius 1 is 1.33 bits per heavy atom. The zero-order valence-corrected chi connectivity index (χ0v) is 6.96. The molecule has 5 heteroatoms. The topological polar surface area (TPSA) is 46.8 Å². The van der Waals surface area contributed by atoms with Gasteiger partial charge < -0.3 is 4.90 Å². The van der Waals surface area contributed by atoms with Crippen LogP contribution in [0.5, 0.6) is 0 Å². The van der Waals surface area contributed by atoms with Crippen molar-refractivity contribution in [1.82, 2.24) is 25.1 Å². The molecule has 1 aromatic heterocycles. The molecule has 0 radical (unpaired) electrons. The normalized spacial score (nSPS) is 39.9. The van der Waals surface area contributed by atoms with Crippen LogP contribution in [0.25, 0.3) is 0 Å². The van der Waals surface area contributed by atoms with E-state index in [1.54, 1.807) is 6.33 Å². The largest absolute Gasteiger partial charge is 0.306 e. The fourth-order valence-electron chi connectivity index (χ4n) is 2.40. The standard InChI is InChI=1S/C7H11N5/c1-11-2-5-6(3-11)7(5)12-4-8-9-10-12/h4-7H,2-3H2,1H3. The highest BCUT2D eigenvalue weighted by molar-refractivity contribution is 5.06. The highest BCUT2D eigenvalue weighted by atomic mass is 15.5. The molecule has 0 N–H and O–H groups in total. The molecule has 2 aliphatic rings. The fraction of sp³-hybridized carbons (Fsp3) is 0.857. The molecule has 1 aromatic rings. The molecular formula is C7H11N5. The Bertz CT molecular complexity index is 270. The van der Waals surface area contributed by atoms with Gasteiger partial charge in [-0.25, -0.2) is 4.68 Å². The molecule has 12 heavy (non-hydrogen) atoms. The van der Waals surface area contributed by atoms with Gasteiger partial charge in [0.2, 0.25) is 0 Å². The Labute approximate surface area is 70.4 Å². The maximum Gasteiger partial charge on any atom is 0.138 e. The number of hydrogen-bond donors (Lipinski definition) is 0. The summed E-state index contributed by atoms with van der Waals surface area (Å²) in [5.74, 6) is 1.61. The van der Waals surface area contributed by atoms with Crippen molar-refractivity contribution >= 4 is 0 Å². The minimum absolute atomic E-state index is 0.594. The van der Waals surface area contributed by atoms with Crippen LogP contribution in [0.3, 0.4) is 0 Å². The lowest BCUT2D eigenvalue weighted by atomic mass is 10.4. The predicted molar refractivity (Wildman–Crippen MR) is 41.3 cm³/mol. The first-order valence-electron chi connectivity index (χ1n) is 4.27. The van der Waals surface area contributed by atoms with Gasteiger partial charge in [-0.2, -0.15) is 0 Å². The summed E-state index contributed by atoms with van der Waals surface area (Å²) in [6.45, 7) is 2.41. The van der Waals surface area contributed by atoms with E-state index >= 15 is 0 Å². The smallest absolute Gasteiger partial charge is 0.138 e. The zero-order valence-electron chi connectivity index (χ0n) is 6.96. The minimum atomic E-state index is 0.594. The molecule has 0 spiro atoms. The molecule has 2 fully saturated rings. The minimum Gasteiger partial charge on any atom is -0.306 e. The van der Waals surface area contributed by atoms with E-state index in [9.17, 15) is 0 Å². The van der Waals surface area contributed by atoms with Gasteiger partial charge in [-0.3, -0.25) is 0 Å². The van der Waals surface area contributed by atoms with E-state index in [2.05, 4.69) is 27.5 Å². The third-order valence-corrected chi connectivity index (χ3v) is 3.00. The summed E-state index contributed by atoms with van der Waals surface area (Å²) in [7, 11) is 2.17. The van der Waals surface area contributed by atoms with Gasteiger partial charge in [0, 0.05) is 24.9 Å². The molecule has 0 aromatic carbocycles. The molecule has 1 aliphatic carbocycles. The number of piperidine rings is 1. The molecule has 2 heterocycles. The van der Waals surface area contributed by atoms with Crippen molar-refractivity contribution < 1.29 is 0 Å². The van der Waals surface area contributed by atoms with Crippen molar-refractivity contribution in [3.8, 4) is 0 Å². The van der Waals surface area contributed by atoms with E-state index in [0.717, 1.165) is 11.8 Å². The van der Waals surface area contributed by atoms with Crippen molar-refractivity contribution in [2.75, 3.05) is 20.1 Å². The van der Waals surface area contributed by atoms with E-state index in [1.807, 2.05) is 4.68 Å². The molecule has 2 unspecified atom stereocenters. The second kappa shape index (κ2) is 2.04. The van der Waals surface area contributed by atoms with Crippen molar-refractivity contribution in [3.63, 3.8) is 0 Å². The number of tetrazole rings is 1. The summed E-state index contributed by atoms with van der Waals surface area (Å²) < 4.78 is 1.91. The summed E-state index contributed by atoms with van der Waals surface area (Å²) in [5, 5.41) is 11.2. The molecule has 3 rings (SSSR count). The van der Waals surface area contributed by atoms with Gasteiger partial charge in [-0.05, 0) is 17.5 Å². The molecule has 1 saturated heterocycles. The first-order chi connectivity index (χ1) is 5.86. The van der Waals surface area contributed by atoms with Crippen LogP contribution >= 0.6 is 0 Å². The van der Waals surface area contributed by atoms with Crippen LogP contribution in [0.15, 0.2) is 6.33 Å². The van der Waals surface area contributed by atoms with Gasteiger partial charge in [-0.1, -0.05) is 0 Å². The number of aromatic nitrogens is 4. The summed E-state index contributed by atoms with van der Waals surface area (Å²) in [5.41, 5.74) is 0.